The van der Waals surface area contributed by atoms with Crippen LogP contribution in [0.5, 0.6) is 11.6 Å². The first-order valence-electron chi connectivity index (χ1n) is 9.46. The number of fused-ring (bicyclic) bond motifs is 1. The second kappa shape index (κ2) is 8.29. The monoisotopic (exact) mass is 443 g/mol. The van der Waals surface area contributed by atoms with Crippen LogP contribution in [0, 0.1) is 12.7 Å². The van der Waals surface area contributed by atoms with Crippen molar-refractivity contribution < 1.29 is 22.3 Å². The summed E-state index contributed by atoms with van der Waals surface area (Å²) < 4.78 is 60.5. The van der Waals surface area contributed by atoms with Gasteiger partial charge in [-0.2, -0.15) is 18.2 Å². The second-order valence-corrected chi connectivity index (χ2v) is 7.02. The van der Waals surface area contributed by atoms with Crippen LogP contribution in [-0.4, -0.2) is 19.6 Å². The third-order valence-corrected chi connectivity index (χ3v) is 4.54. The number of allylic oxidation sites excluding steroid dienone is 1. The first kappa shape index (κ1) is 21.3. The molecule has 0 radical (unpaired) electrons. The van der Waals surface area contributed by atoms with Gasteiger partial charge in [-0.15, -0.1) is 5.10 Å². The number of aryl methyl sites for hydroxylation is 1. The molecule has 32 heavy (non-hydrogen) atoms. The number of pyridine rings is 2. The fourth-order valence-electron chi connectivity index (χ4n) is 3.05. The maximum atomic E-state index is 14.5. The Balaban J connectivity index is 1.46. The maximum Gasteiger partial charge on any atom is 0.420 e. The molecule has 6 nitrogen and oxygen atoms in total. The average molecular weight is 443 g/mol. The van der Waals surface area contributed by atoms with Crippen molar-refractivity contribution in [1.29, 1.82) is 0 Å². The number of anilines is 1. The molecule has 1 N–H and O–H groups in total. The molecule has 10 heteroatoms. The van der Waals surface area contributed by atoms with Crippen LogP contribution in [-0.2, 0) is 12.6 Å². The summed E-state index contributed by atoms with van der Waals surface area (Å²) in [4.78, 5) is 7.98. The van der Waals surface area contributed by atoms with Gasteiger partial charge in [-0.3, -0.25) is 0 Å². The molecule has 0 saturated heterocycles. The molecule has 4 rings (SSSR count). The van der Waals surface area contributed by atoms with Gasteiger partial charge in [-0.25, -0.2) is 13.9 Å². The average Bonchev–Trinajstić information content (AvgIpc) is 3.12. The molecule has 3 aromatic heterocycles. The van der Waals surface area contributed by atoms with E-state index in [1.54, 1.807) is 31.3 Å². The van der Waals surface area contributed by atoms with Crippen molar-refractivity contribution in [3.63, 3.8) is 0 Å². The number of alkyl halides is 3. The third-order valence-electron chi connectivity index (χ3n) is 4.54. The molecule has 0 atom stereocenters. The topological polar surface area (TPSA) is 64.3 Å². The van der Waals surface area contributed by atoms with Crippen LogP contribution >= 0.6 is 0 Å². The predicted octanol–water partition coefficient (Wildman–Crippen LogP) is 5.55. The summed E-state index contributed by atoms with van der Waals surface area (Å²) in [6.45, 7) is 5.63. The normalized spacial score (nSPS) is 11.5. The fraction of sp³-hybridized carbons (Fsp3) is 0.136. The van der Waals surface area contributed by atoms with E-state index >= 15 is 0 Å². The largest absolute Gasteiger partial charge is 0.436 e. The van der Waals surface area contributed by atoms with Gasteiger partial charge in [0.2, 0.25) is 11.8 Å². The summed E-state index contributed by atoms with van der Waals surface area (Å²) in [6, 6.07) is 10.1. The van der Waals surface area contributed by atoms with Gasteiger partial charge in [0, 0.05) is 30.1 Å². The number of nitrogens with zero attached hydrogens (tertiary/aromatic N) is 4. The van der Waals surface area contributed by atoms with Gasteiger partial charge >= 0.3 is 6.18 Å². The van der Waals surface area contributed by atoms with Crippen LogP contribution in [0.15, 0.2) is 67.1 Å². The number of aromatic nitrogens is 4. The van der Waals surface area contributed by atoms with Gasteiger partial charge in [-0.1, -0.05) is 18.7 Å². The molecule has 0 saturated carbocycles. The van der Waals surface area contributed by atoms with Crippen LogP contribution in [0.1, 0.15) is 16.7 Å². The van der Waals surface area contributed by atoms with Gasteiger partial charge in [-0.05, 0) is 42.8 Å². The van der Waals surface area contributed by atoms with Crippen molar-refractivity contribution >= 4 is 11.6 Å². The van der Waals surface area contributed by atoms with E-state index in [2.05, 4.69) is 27.0 Å². The summed E-state index contributed by atoms with van der Waals surface area (Å²) in [6.07, 6.45) is -1.45. The summed E-state index contributed by atoms with van der Waals surface area (Å²) in [7, 11) is 0. The summed E-state index contributed by atoms with van der Waals surface area (Å²) >= 11 is 0. The van der Waals surface area contributed by atoms with Crippen LogP contribution in [0.25, 0.3) is 5.65 Å². The number of hydrogen-bond donors (Lipinski definition) is 1. The van der Waals surface area contributed by atoms with Crippen molar-refractivity contribution in [1.82, 2.24) is 19.6 Å². The standard InChI is InChI=1S/C22H17F4N5O/c1-13-5-3-9-27-20(13)32-18-8-7-15(12-17(18)23)11-14(2)28-21-29-19-16(22(24,25)26)6-4-10-31(19)30-21/h3-10,12H,2,11H2,1H3,(H,28,30). The molecule has 0 spiro atoms. The smallest absolute Gasteiger partial charge is 0.420 e. The lowest BCUT2D eigenvalue weighted by Gasteiger charge is -2.10. The minimum absolute atomic E-state index is 0.0239. The second-order valence-electron chi connectivity index (χ2n) is 7.02. The zero-order valence-corrected chi connectivity index (χ0v) is 16.8. The number of halogens is 4. The van der Waals surface area contributed by atoms with E-state index < -0.39 is 17.6 Å². The highest BCUT2D eigenvalue weighted by molar-refractivity contribution is 5.53. The number of rotatable bonds is 6. The summed E-state index contributed by atoms with van der Waals surface area (Å²) in [5.41, 5.74) is 0.495. The number of benzene rings is 1. The van der Waals surface area contributed by atoms with Gasteiger partial charge in [0.15, 0.2) is 17.2 Å². The molecular weight excluding hydrogens is 426 g/mol. The van der Waals surface area contributed by atoms with Crippen LogP contribution in [0.4, 0.5) is 23.5 Å². The molecule has 0 bridgehead atoms. The summed E-state index contributed by atoms with van der Waals surface area (Å²) in [5, 5.41) is 6.76. The molecule has 0 aliphatic rings. The highest BCUT2D eigenvalue weighted by Crippen LogP contribution is 2.32. The molecule has 0 aliphatic heterocycles. The molecule has 0 fully saturated rings. The zero-order valence-electron chi connectivity index (χ0n) is 16.8. The van der Waals surface area contributed by atoms with Crippen molar-refractivity contribution in [2.24, 2.45) is 0 Å². The van der Waals surface area contributed by atoms with Crippen molar-refractivity contribution in [3.05, 3.63) is 89.6 Å². The fourth-order valence-corrected chi connectivity index (χ4v) is 3.05. The van der Waals surface area contributed by atoms with Gasteiger partial charge in [0.1, 0.15) is 5.56 Å². The van der Waals surface area contributed by atoms with E-state index in [1.807, 2.05) is 0 Å². The van der Waals surface area contributed by atoms with Crippen LogP contribution < -0.4 is 10.1 Å². The van der Waals surface area contributed by atoms with E-state index in [4.69, 9.17) is 4.74 Å². The Morgan fingerprint density at radius 3 is 2.72 bits per heavy atom. The molecule has 0 amide bonds. The molecule has 0 unspecified atom stereocenters. The molecule has 1 aromatic carbocycles. The lowest BCUT2D eigenvalue weighted by atomic mass is 10.1. The van der Waals surface area contributed by atoms with E-state index in [1.165, 1.54) is 24.4 Å². The van der Waals surface area contributed by atoms with Gasteiger partial charge in [0.05, 0.1) is 0 Å². The SMILES string of the molecule is C=C(Cc1ccc(Oc2ncccc2C)c(F)c1)Nc1nc2c(C(F)(F)F)cccn2n1. The lowest BCUT2D eigenvalue weighted by molar-refractivity contribution is -0.136. The van der Waals surface area contributed by atoms with Crippen molar-refractivity contribution in [2.45, 2.75) is 19.5 Å². The number of nitrogens with one attached hydrogen (secondary N) is 1. The zero-order chi connectivity index (χ0) is 22.9. The molecule has 4 aromatic rings. The van der Waals surface area contributed by atoms with Crippen LogP contribution in [0.3, 0.4) is 0 Å². The first-order chi connectivity index (χ1) is 15.2. The number of hydrogen-bond acceptors (Lipinski definition) is 5. The minimum Gasteiger partial charge on any atom is -0.436 e. The Hall–Kier alpha value is -3.95. The molecule has 3 heterocycles. The van der Waals surface area contributed by atoms with Gasteiger partial charge in [0.25, 0.3) is 0 Å². The Labute approximate surface area is 180 Å². The first-order valence-corrected chi connectivity index (χ1v) is 9.46. The minimum atomic E-state index is -4.56. The Kier molecular flexibility index (Phi) is 5.52. The highest BCUT2D eigenvalue weighted by Gasteiger charge is 2.34. The predicted molar refractivity (Wildman–Crippen MR) is 110 cm³/mol. The van der Waals surface area contributed by atoms with E-state index in [9.17, 15) is 17.6 Å². The Morgan fingerprint density at radius 1 is 1.19 bits per heavy atom. The molecule has 164 valence electrons. The van der Waals surface area contributed by atoms with E-state index in [0.29, 0.717) is 17.1 Å². The van der Waals surface area contributed by atoms with E-state index in [0.717, 1.165) is 16.1 Å². The van der Waals surface area contributed by atoms with E-state index in [-0.39, 0.29) is 23.8 Å². The van der Waals surface area contributed by atoms with Crippen LogP contribution in [0.2, 0.25) is 0 Å². The molecular formula is C22H17F4N5O. The maximum absolute atomic E-state index is 14.5. The third kappa shape index (κ3) is 4.53. The lowest BCUT2D eigenvalue weighted by Crippen LogP contribution is -2.07. The number of ether oxygens (including phenoxy) is 1. The molecule has 0 aliphatic carbocycles. The Morgan fingerprint density at radius 2 is 2.00 bits per heavy atom. The van der Waals surface area contributed by atoms with Crippen molar-refractivity contribution in [3.8, 4) is 11.6 Å². The summed E-state index contributed by atoms with van der Waals surface area (Å²) in [5.74, 6) is -0.295. The van der Waals surface area contributed by atoms with Gasteiger partial charge < -0.3 is 10.1 Å². The quantitative estimate of drug-likeness (QED) is 0.396. The highest BCUT2D eigenvalue weighted by atomic mass is 19.4. The Bertz CT molecular complexity index is 1300. The van der Waals surface area contributed by atoms with Crippen molar-refractivity contribution in [2.75, 3.05) is 5.32 Å².